The van der Waals surface area contributed by atoms with Crippen LogP contribution in [0.1, 0.15) is 24.0 Å². The number of aryl methyl sites for hydroxylation is 1. The summed E-state index contributed by atoms with van der Waals surface area (Å²) in [5.41, 5.74) is 2.51. The average molecular weight is 265 g/mol. The predicted octanol–water partition coefficient (Wildman–Crippen LogP) is 2.83. The van der Waals surface area contributed by atoms with Crippen LogP contribution in [0.3, 0.4) is 0 Å². The van der Waals surface area contributed by atoms with Crippen molar-refractivity contribution in [1.82, 2.24) is 10.2 Å². The predicted molar refractivity (Wildman–Crippen MR) is 76.0 cm³/mol. The molecule has 2 unspecified atom stereocenters. The molecule has 0 amide bonds. The molecule has 1 N–H and O–H groups in total. The summed E-state index contributed by atoms with van der Waals surface area (Å²) in [5, 5.41) is 4.43. The summed E-state index contributed by atoms with van der Waals surface area (Å²) in [4.78, 5) is 2.63. The highest BCUT2D eigenvalue weighted by molar-refractivity contribution is 6.31. The number of likely N-dealkylation sites (tertiary alicyclic amines) is 1. The molecule has 0 radical (unpaired) electrons. The first kappa shape index (κ1) is 12.5. The van der Waals surface area contributed by atoms with Gasteiger partial charge in [-0.25, -0.2) is 0 Å². The molecule has 18 heavy (non-hydrogen) atoms. The SMILES string of the molecule is Cc1ccc(CN2CCCC3CNCC32)cc1Cl. The van der Waals surface area contributed by atoms with Crippen LogP contribution in [0.15, 0.2) is 18.2 Å². The first-order chi connectivity index (χ1) is 8.74. The van der Waals surface area contributed by atoms with Gasteiger partial charge in [0, 0.05) is 24.2 Å². The lowest BCUT2D eigenvalue weighted by Gasteiger charge is -2.37. The van der Waals surface area contributed by atoms with Gasteiger partial charge in [0.15, 0.2) is 0 Å². The van der Waals surface area contributed by atoms with Gasteiger partial charge in [0.05, 0.1) is 0 Å². The van der Waals surface area contributed by atoms with Crippen molar-refractivity contribution in [2.24, 2.45) is 5.92 Å². The molecule has 1 aromatic carbocycles. The van der Waals surface area contributed by atoms with E-state index in [-0.39, 0.29) is 0 Å². The van der Waals surface area contributed by atoms with E-state index >= 15 is 0 Å². The second-order valence-corrected chi connectivity index (χ2v) is 6.09. The summed E-state index contributed by atoms with van der Waals surface area (Å²) in [6.07, 6.45) is 2.73. The third kappa shape index (κ3) is 2.42. The molecule has 3 heteroatoms. The third-order valence-corrected chi connectivity index (χ3v) is 4.82. The Morgan fingerprint density at radius 1 is 1.39 bits per heavy atom. The fourth-order valence-electron chi connectivity index (χ4n) is 3.33. The summed E-state index contributed by atoms with van der Waals surface area (Å²) in [6, 6.07) is 7.21. The molecule has 2 atom stereocenters. The molecular weight excluding hydrogens is 244 g/mol. The molecule has 2 nitrogen and oxygen atoms in total. The van der Waals surface area contributed by atoms with Gasteiger partial charge in [-0.1, -0.05) is 23.7 Å². The number of piperidine rings is 1. The fraction of sp³-hybridized carbons (Fsp3) is 0.600. The molecule has 0 spiro atoms. The smallest absolute Gasteiger partial charge is 0.0438 e. The molecule has 2 heterocycles. The zero-order valence-electron chi connectivity index (χ0n) is 11.0. The van der Waals surface area contributed by atoms with Crippen molar-refractivity contribution in [3.63, 3.8) is 0 Å². The Morgan fingerprint density at radius 2 is 2.28 bits per heavy atom. The Bertz CT molecular complexity index is 433. The van der Waals surface area contributed by atoms with E-state index in [2.05, 4.69) is 35.3 Å². The van der Waals surface area contributed by atoms with Gasteiger partial charge in [0.1, 0.15) is 0 Å². The normalized spacial score (nSPS) is 28.3. The van der Waals surface area contributed by atoms with Gasteiger partial charge in [0.25, 0.3) is 0 Å². The monoisotopic (exact) mass is 264 g/mol. The van der Waals surface area contributed by atoms with E-state index in [0.717, 1.165) is 30.1 Å². The van der Waals surface area contributed by atoms with Crippen LogP contribution in [0.25, 0.3) is 0 Å². The van der Waals surface area contributed by atoms with Crippen molar-refractivity contribution >= 4 is 11.6 Å². The standard InChI is InChI=1S/C15H21ClN2/c1-11-4-5-12(7-14(11)16)10-18-6-2-3-13-8-17-9-15(13)18/h4-5,7,13,15,17H,2-3,6,8-10H2,1H3. The number of nitrogens with zero attached hydrogens (tertiary/aromatic N) is 1. The molecule has 98 valence electrons. The molecule has 2 aliphatic rings. The lowest BCUT2D eigenvalue weighted by Crippen LogP contribution is -2.44. The van der Waals surface area contributed by atoms with Crippen LogP contribution in [0.2, 0.25) is 5.02 Å². The Balaban J connectivity index is 1.73. The van der Waals surface area contributed by atoms with Crippen molar-refractivity contribution in [3.05, 3.63) is 34.3 Å². The third-order valence-electron chi connectivity index (χ3n) is 4.42. The van der Waals surface area contributed by atoms with Gasteiger partial charge in [-0.2, -0.15) is 0 Å². The molecule has 0 aliphatic carbocycles. The Labute approximate surface area is 114 Å². The first-order valence-corrected chi connectivity index (χ1v) is 7.31. The topological polar surface area (TPSA) is 15.3 Å². The van der Waals surface area contributed by atoms with E-state index in [1.54, 1.807) is 0 Å². The van der Waals surface area contributed by atoms with Crippen LogP contribution in [0, 0.1) is 12.8 Å². The lowest BCUT2D eigenvalue weighted by molar-refractivity contribution is 0.117. The van der Waals surface area contributed by atoms with Crippen LogP contribution in [-0.4, -0.2) is 30.6 Å². The summed E-state index contributed by atoms with van der Waals surface area (Å²) in [7, 11) is 0. The van der Waals surface area contributed by atoms with E-state index in [1.165, 1.54) is 37.1 Å². The highest BCUT2D eigenvalue weighted by Crippen LogP contribution is 2.28. The minimum atomic E-state index is 0.735. The summed E-state index contributed by atoms with van der Waals surface area (Å²) in [6.45, 7) is 6.70. The van der Waals surface area contributed by atoms with Gasteiger partial charge in [-0.3, -0.25) is 4.90 Å². The van der Waals surface area contributed by atoms with Crippen molar-refractivity contribution in [3.8, 4) is 0 Å². The quantitative estimate of drug-likeness (QED) is 0.884. The second kappa shape index (κ2) is 5.20. The number of hydrogen-bond donors (Lipinski definition) is 1. The molecule has 2 saturated heterocycles. The van der Waals surface area contributed by atoms with Crippen LogP contribution in [0.5, 0.6) is 0 Å². The Hall–Kier alpha value is -0.570. The maximum absolute atomic E-state index is 6.21. The molecule has 2 aliphatic heterocycles. The fourth-order valence-corrected chi connectivity index (χ4v) is 3.53. The minimum Gasteiger partial charge on any atom is -0.315 e. The largest absolute Gasteiger partial charge is 0.315 e. The van der Waals surface area contributed by atoms with Gasteiger partial charge in [0.2, 0.25) is 0 Å². The molecule has 1 aromatic rings. The highest BCUT2D eigenvalue weighted by Gasteiger charge is 2.34. The first-order valence-electron chi connectivity index (χ1n) is 6.94. The van der Waals surface area contributed by atoms with Crippen molar-refractivity contribution in [2.45, 2.75) is 32.4 Å². The van der Waals surface area contributed by atoms with Crippen LogP contribution >= 0.6 is 11.6 Å². The van der Waals surface area contributed by atoms with Gasteiger partial charge >= 0.3 is 0 Å². The van der Waals surface area contributed by atoms with Gasteiger partial charge in [-0.15, -0.1) is 0 Å². The molecule has 3 rings (SSSR count). The van der Waals surface area contributed by atoms with Gasteiger partial charge in [-0.05, 0) is 56.0 Å². The Kier molecular flexibility index (Phi) is 3.60. The zero-order chi connectivity index (χ0) is 12.5. The molecule has 0 bridgehead atoms. The van der Waals surface area contributed by atoms with E-state index in [0.29, 0.717) is 0 Å². The van der Waals surface area contributed by atoms with Crippen LogP contribution in [-0.2, 0) is 6.54 Å². The maximum atomic E-state index is 6.21. The van der Waals surface area contributed by atoms with E-state index in [9.17, 15) is 0 Å². The zero-order valence-corrected chi connectivity index (χ0v) is 11.7. The minimum absolute atomic E-state index is 0.735. The van der Waals surface area contributed by atoms with Crippen molar-refractivity contribution in [2.75, 3.05) is 19.6 Å². The second-order valence-electron chi connectivity index (χ2n) is 5.68. The molecule has 2 fully saturated rings. The Morgan fingerprint density at radius 3 is 3.11 bits per heavy atom. The van der Waals surface area contributed by atoms with E-state index < -0.39 is 0 Å². The summed E-state index contributed by atoms with van der Waals surface area (Å²) >= 11 is 6.21. The number of hydrogen-bond acceptors (Lipinski definition) is 2. The number of halogens is 1. The number of nitrogens with one attached hydrogen (secondary N) is 1. The molecule has 0 saturated carbocycles. The lowest BCUT2D eigenvalue weighted by atomic mass is 9.91. The number of rotatable bonds is 2. The summed E-state index contributed by atoms with van der Waals surface area (Å²) < 4.78 is 0. The van der Waals surface area contributed by atoms with Crippen molar-refractivity contribution in [1.29, 1.82) is 0 Å². The molecular formula is C15H21ClN2. The number of benzene rings is 1. The van der Waals surface area contributed by atoms with Gasteiger partial charge < -0.3 is 5.32 Å². The van der Waals surface area contributed by atoms with Crippen molar-refractivity contribution < 1.29 is 0 Å². The van der Waals surface area contributed by atoms with Crippen LogP contribution in [0.4, 0.5) is 0 Å². The van der Waals surface area contributed by atoms with Crippen LogP contribution < -0.4 is 5.32 Å². The van der Waals surface area contributed by atoms with E-state index in [1.807, 2.05) is 0 Å². The molecule has 0 aromatic heterocycles. The maximum Gasteiger partial charge on any atom is 0.0438 e. The highest BCUT2D eigenvalue weighted by atomic mass is 35.5. The van der Waals surface area contributed by atoms with E-state index in [4.69, 9.17) is 11.6 Å². The number of fused-ring (bicyclic) bond motifs is 1. The summed E-state index contributed by atoms with van der Waals surface area (Å²) in [5.74, 6) is 0.861. The average Bonchev–Trinajstić information content (AvgIpc) is 2.83.